The van der Waals surface area contributed by atoms with Gasteiger partial charge in [-0.1, -0.05) is 12.2 Å². The third-order valence-corrected chi connectivity index (χ3v) is 1.96. The summed E-state index contributed by atoms with van der Waals surface area (Å²) in [6.45, 7) is 8.81. The Labute approximate surface area is 88.0 Å². The minimum absolute atomic E-state index is 0.0712. The van der Waals surface area contributed by atoms with E-state index >= 15 is 0 Å². The average Bonchev–Trinajstić information content (AvgIpc) is 2.50. The van der Waals surface area contributed by atoms with Gasteiger partial charge in [0, 0.05) is 13.1 Å². The van der Waals surface area contributed by atoms with E-state index in [1.807, 2.05) is 4.90 Å². The van der Waals surface area contributed by atoms with Crippen molar-refractivity contribution in [3.8, 4) is 5.88 Å². The van der Waals surface area contributed by atoms with Gasteiger partial charge in [-0.05, 0) is 0 Å². The van der Waals surface area contributed by atoms with Crippen LogP contribution in [0.2, 0.25) is 0 Å². The van der Waals surface area contributed by atoms with Crippen LogP contribution < -0.4 is 5.69 Å². The molecule has 1 heterocycles. The van der Waals surface area contributed by atoms with Crippen molar-refractivity contribution < 1.29 is 5.11 Å². The summed E-state index contributed by atoms with van der Waals surface area (Å²) in [6.07, 6.45) is 4.73. The minimum Gasteiger partial charge on any atom is -0.493 e. The van der Waals surface area contributed by atoms with E-state index in [4.69, 9.17) is 0 Å². The fourth-order valence-electron chi connectivity index (χ4n) is 1.28. The van der Waals surface area contributed by atoms with E-state index in [0.717, 1.165) is 0 Å². The van der Waals surface area contributed by atoms with Gasteiger partial charge >= 0.3 is 5.69 Å². The van der Waals surface area contributed by atoms with E-state index in [0.29, 0.717) is 19.8 Å². The zero-order chi connectivity index (χ0) is 11.3. The molecule has 0 saturated carbocycles. The fourth-order valence-corrected chi connectivity index (χ4v) is 1.28. The van der Waals surface area contributed by atoms with Crippen LogP contribution in [0.4, 0.5) is 0 Å². The molecule has 2 N–H and O–H groups in total. The molecule has 0 amide bonds. The maximum Gasteiger partial charge on any atom is 0.329 e. The lowest BCUT2D eigenvalue weighted by atomic mass is 10.5. The van der Waals surface area contributed by atoms with Crippen molar-refractivity contribution in [1.29, 1.82) is 0 Å². The second-order valence-electron chi connectivity index (χ2n) is 3.13. The van der Waals surface area contributed by atoms with Gasteiger partial charge in [-0.2, -0.15) is 0 Å². The van der Waals surface area contributed by atoms with E-state index < -0.39 is 0 Å². The largest absolute Gasteiger partial charge is 0.493 e. The Hall–Kier alpha value is -1.75. The molecule has 0 saturated heterocycles. The average molecular weight is 209 g/mol. The van der Waals surface area contributed by atoms with E-state index in [1.165, 1.54) is 10.8 Å². The number of aromatic amines is 1. The molecule has 0 atom stereocenters. The molecule has 1 rings (SSSR count). The second-order valence-corrected chi connectivity index (χ2v) is 3.13. The molecular formula is C10H15N3O2. The van der Waals surface area contributed by atoms with E-state index in [1.54, 1.807) is 12.2 Å². The number of aromatic nitrogens is 2. The Bertz CT molecular complexity index is 382. The molecular weight excluding hydrogens is 194 g/mol. The Morgan fingerprint density at radius 3 is 2.47 bits per heavy atom. The van der Waals surface area contributed by atoms with Gasteiger partial charge in [0.2, 0.25) is 5.88 Å². The molecule has 0 aliphatic heterocycles. The normalized spacial score (nSPS) is 10.5. The van der Waals surface area contributed by atoms with E-state index in [-0.39, 0.29) is 11.6 Å². The van der Waals surface area contributed by atoms with Gasteiger partial charge in [0.1, 0.15) is 0 Å². The number of aromatic hydroxyl groups is 1. The van der Waals surface area contributed by atoms with Crippen LogP contribution >= 0.6 is 0 Å². The van der Waals surface area contributed by atoms with Crippen LogP contribution in [-0.2, 0) is 6.67 Å². The molecule has 0 radical (unpaired) electrons. The van der Waals surface area contributed by atoms with Gasteiger partial charge in [0.25, 0.3) is 0 Å². The van der Waals surface area contributed by atoms with Gasteiger partial charge in [0.15, 0.2) is 0 Å². The second kappa shape index (κ2) is 5.21. The van der Waals surface area contributed by atoms with Gasteiger partial charge in [-0.25, -0.2) is 9.36 Å². The summed E-state index contributed by atoms with van der Waals surface area (Å²) < 4.78 is 1.24. The molecule has 0 spiro atoms. The summed E-state index contributed by atoms with van der Waals surface area (Å²) in [5, 5.41) is 9.37. The topological polar surface area (TPSA) is 61.3 Å². The number of hydrogen-bond donors (Lipinski definition) is 2. The lowest BCUT2D eigenvalue weighted by molar-refractivity contribution is 0.246. The first-order valence-electron chi connectivity index (χ1n) is 4.60. The highest BCUT2D eigenvalue weighted by Crippen LogP contribution is 2.04. The molecule has 0 bridgehead atoms. The van der Waals surface area contributed by atoms with Crippen LogP contribution in [0.5, 0.6) is 5.88 Å². The zero-order valence-corrected chi connectivity index (χ0v) is 8.52. The standard InChI is InChI=1S/C10H15N3O2/c1-3-5-12(6-4-2)8-13-9(14)7-11-10(13)15/h3-4,7,14H,1-2,5-6,8H2,(H,11,15). The molecule has 0 aliphatic carbocycles. The molecule has 0 unspecified atom stereocenters. The molecule has 15 heavy (non-hydrogen) atoms. The number of imidazole rings is 1. The maximum atomic E-state index is 11.3. The van der Waals surface area contributed by atoms with Crippen molar-refractivity contribution >= 4 is 0 Å². The highest BCUT2D eigenvalue weighted by molar-refractivity contribution is 5.02. The highest BCUT2D eigenvalue weighted by Gasteiger charge is 2.08. The predicted molar refractivity (Wildman–Crippen MR) is 58.7 cm³/mol. The van der Waals surface area contributed by atoms with Gasteiger partial charge in [-0.3, -0.25) is 4.90 Å². The van der Waals surface area contributed by atoms with Gasteiger partial charge in [0.05, 0.1) is 12.9 Å². The highest BCUT2D eigenvalue weighted by atomic mass is 16.3. The molecule has 0 fully saturated rings. The zero-order valence-electron chi connectivity index (χ0n) is 8.52. The van der Waals surface area contributed by atoms with Crippen LogP contribution in [0, 0.1) is 0 Å². The summed E-state index contributed by atoms with van der Waals surface area (Å²) in [5.41, 5.74) is -0.328. The first kappa shape index (κ1) is 11.3. The number of rotatable bonds is 6. The summed E-state index contributed by atoms with van der Waals surface area (Å²) in [4.78, 5) is 15.6. The number of nitrogens with one attached hydrogen (secondary N) is 1. The first-order valence-corrected chi connectivity index (χ1v) is 4.60. The van der Waals surface area contributed by atoms with E-state index in [9.17, 15) is 9.90 Å². The number of hydrogen-bond acceptors (Lipinski definition) is 3. The SMILES string of the molecule is C=CCN(CC=C)Cn1c(O)c[nH]c1=O. The molecule has 82 valence electrons. The predicted octanol–water partition coefficient (Wildman–Crippen LogP) is 0.513. The van der Waals surface area contributed by atoms with Crippen LogP contribution in [-0.4, -0.2) is 32.6 Å². The molecule has 0 aromatic carbocycles. The third kappa shape index (κ3) is 2.85. The third-order valence-electron chi connectivity index (χ3n) is 1.96. The fraction of sp³-hybridized carbons (Fsp3) is 0.300. The molecule has 1 aromatic rings. The van der Waals surface area contributed by atoms with Gasteiger partial charge in [-0.15, -0.1) is 13.2 Å². The van der Waals surface area contributed by atoms with Crippen molar-refractivity contribution in [1.82, 2.24) is 14.5 Å². The van der Waals surface area contributed by atoms with Crippen molar-refractivity contribution in [2.75, 3.05) is 13.1 Å². The van der Waals surface area contributed by atoms with Crippen LogP contribution in [0.3, 0.4) is 0 Å². The molecule has 5 heteroatoms. The summed E-state index contributed by atoms with van der Waals surface area (Å²) in [6, 6.07) is 0. The van der Waals surface area contributed by atoms with Crippen molar-refractivity contribution in [3.05, 3.63) is 42.0 Å². The molecule has 1 aromatic heterocycles. The quantitative estimate of drug-likeness (QED) is 0.671. The lowest BCUT2D eigenvalue weighted by Gasteiger charge is -2.18. The molecule has 5 nitrogen and oxygen atoms in total. The summed E-state index contributed by atoms with van der Waals surface area (Å²) in [7, 11) is 0. The van der Waals surface area contributed by atoms with Crippen LogP contribution in [0.1, 0.15) is 0 Å². The first-order chi connectivity index (χ1) is 7.19. The Kier molecular flexibility index (Phi) is 3.93. The smallest absolute Gasteiger partial charge is 0.329 e. The Morgan fingerprint density at radius 2 is 2.07 bits per heavy atom. The molecule has 0 aliphatic rings. The van der Waals surface area contributed by atoms with Crippen LogP contribution in [0.15, 0.2) is 36.3 Å². The summed E-state index contributed by atoms with van der Waals surface area (Å²) >= 11 is 0. The van der Waals surface area contributed by atoms with Gasteiger partial charge < -0.3 is 10.1 Å². The van der Waals surface area contributed by atoms with Crippen molar-refractivity contribution in [2.45, 2.75) is 6.67 Å². The van der Waals surface area contributed by atoms with Crippen LogP contribution in [0.25, 0.3) is 0 Å². The Balaban J connectivity index is 2.77. The van der Waals surface area contributed by atoms with Crippen molar-refractivity contribution in [3.63, 3.8) is 0 Å². The van der Waals surface area contributed by atoms with Crippen molar-refractivity contribution in [2.24, 2.45) is 0 Å². The summed E-state index contributed by atoms with van der Waals surface area (Å²) in [5.74, 6) is -0.0712. The maximum absolute atomic E-state index is 11.3. The Morgan fingerprint density at radius 1 is 1.47 bits per heavy atom. The lowest BCUT2D eigenvalue weighted by Crippen LogP contribution is -2.31. The minimum atomic E-state index is -0.328. The number of nitrogens with zero attached hydrogens (tertiary/aromatic N) is 2. The van der Waals surface area contributed by atoms with E-state index in [2.05, 4.69) is 18.1 Å². The monoisotopic (exact) mass is 209 g/mol. The number of H-pyrrole nitrogens is 1.